The summed E-state index contributed by atoms with van der Waals surface area (Å²) in [5, 5.41) is 5.88. The molecule has 1 unspecified atom stereocenters. The van der Waals surface area contributed by atoms with E-state index in [-0.39, 0.29) is 29.7 Å². The van der Waals surface area contributed by atoms with Gasteiger partial charge in [-0.15, -0.1) is 0 Å². The van der Waals surface area contributed by atoms with E-state index >= 15 is 0 Å². The maximum Gasteiger partial charge on any atom is 0.257 e. The van der Waals surface area contributed by atoms with Crippen LogP contribution in [0.5, 0.6) is 5.75 Å². The van der Waals surface area contributed by atoms with Crippen molar-refractivity contribution in [3.63, 3.8) is 0 Å². The van der Waals surface area contributed by atoms with Gasteiger partial charge in [0.05, 0.1) is 18.9 Å². The molecular formula is C23H29N3O5. The zero-order valence-corrected chi connectivity index (χ0v) is 18.1. The molecule has 1 atom stereocenters. The minimum atomic E-state index is -0.653. The van der Waals surface area contributed by atoms with Gasteiger partial charge in [-0.3, -0.25) is 14.4 Å². The molecule has 0 aliphatic carbocycles. The summed E-state index contributed by atoms with van der Waals surface area (Å²) in [4.78, 5) is 39.7. The van der Waals surface area contributed by atoms with E-state index in [2.05, 4.69) is 10.6 Å². The van der Waals surface area contributed by atoms with Crippen molar-refractivity contribution in [3.05, 3.63) is 54.0 Å². The number of methoxy groups -OCH3 is 1. The molecule has 8 heteroatoms. The second-order valence-corrected chi connectivity index (χ2v) is 8.01. The number of amides is 3. The van der Waals surface area contributed by atoms with E-state index in [4.69, 9.17) is 9.15 Å². The third-order valence-corrected chi connectivity index (χ3v) is 5.48. The van der Waals surface area contributed by atoms with Gasteiger partial charge in [-0.25, -0.2) is 0 Å². The van der Waals surface area contributed by atoms with E-state index in [1.54, 1.807) is 42.3 Å². The van der Waals surface area contributed by atoms with Gasteiger partial charge in [0.1, 0.15) is 18.1 Å². The Morgan fingerprint density at radius 2 is 1.74 bits per heavy atom. The molecule has 0 radical (unpaired) electrons. The van der Waals surface area contributed by atoms with E-state index < -0.39 is 6.04 Å². The second kappa shape index (κ2) is 10.1. The van der Waals surface area contributed by atoms with Crippen LogP contribution in [0.4, 0.5) is 0 Å². The van der Waals surface area contributed by atoms with Crippen LogP contribution in [0.2, 0.25) is 0 Å². The quantitative estimate of drug-likeness (QED) is 0.707. The maximum atomic E-state index is 12.9. The van der Waals surface area contributed by atoms with Crippen molar-refractivity contribution >= 4 is 17.7 Å². The van der Waals surface area contributed by atoms with Crippen LogP contribution >= 0.6 is 0 Å². The van der Waals surface area contributed by atoms with E-state index in [0.29, 0.717) is 42.8 Å². The van der Waals surface area contributed by atoms with Gasteiger partial charge in [-0.2, -0.15) is 0 Å². The number of furan rings is 1. The predicted octanol–water partition coefficient (Wildman–Crippen LogP) is 2.46. The van der Waals surface area contributed by atoms with Crippen molar-refractivity contribution < 1.29 is 23.5 Å². The van der Waals surface area contributed by atoms with Gasteiger partial charge < -0.3 is 24.7 Å². The Hall–Kier alpha value is -3.29. The first-order valence-electron chi connectivity index (χ1n) is 10.5. The van der Waals surface area contributed by atoms with E-state index in [1.807, 2.05) is 13.8 Å². The second-order valence-electron chi connectivity index (χ2n) is 8.01. The minimum Gasteiger partial charge on any atom is -0.497 e. The molecule has 0 saturated carbocycles. The Balaban J connectivity index is 1.53. The Bertz CT molecular complexity index is 884. The molecule has 1 aliphatic rings. The lowest BCUT2D eigenvalue weighted by atomic mass is 10.00. The van der Waals surface area contributed by atoms with Crippen LogP contribution in [0.3, 0.4) is 0 Å². The summed E-state index contributed by atoms with van der Waals surface area (Å²) in [6.45, 7) is 4.90. The number of hydrogen-bond acceptors (Lipinski definition) is 5. The van der Waals surface area contributed by atoms with Gasteiger partial charge >= 0.3 is 0 Å². The Morgan fingerprint density at radius 1 is 1.06 bits per heavy atom. The summed E-state index contributed by atoms with van der Waals surface area (Å²) >= 11 is 0. The molecule has 2 N–H and O–H groups in total. The maximum absolute atomic E-state index is 12.9. The molecular weight excluding hydrogens is 398 g/mol. The summed E-state index contributed by atoms with van der Waals surface area (Å²) in [6.07, 6.45) is 4.24. The summed E-state index contributed by atoms with van der Waals surface area (Å²) in [5.74, 6) is -0.00362. The molecule has 0 spiro atoms. The molecule has 8 nitrogen and oxygen atoms in total. The molecule has 1 fully saturated rings. The summed E-state index contributed by atoms with van der Waals surface area (Å²) in [6, 6.07) is 7.69. The molecule has 31 heavy (non-hydrogen) atoms. The normalized spacial score (nSPS) is 15.4. The lowest BCUT2D eigenvalue weighted by Crippen LogP contribution is -2.54. The number of hydrogen-bond donors (Lipinski definition) is 2. The number of likely N-dealkylation sites (tertiary alicyclic amines) is 1. The molecule has 1 aliphatic heterocycles. The highest BCUT2D eigenvalue weighted by Crippen LogP contribution is 2.16. The highest BCUT2D eigenvalue weighted by Gasteiger charge is 2.29. The first kappa shape index (κ1) is 22.4. The molecule has 166 valence electrons. The first-order chi connectivity index (χ1) is 14.9. The van der Waals surface area contributed by atoms with Gasteiger partial charge in [0.25, 0.3) is 11.8 Å². The Kier molecular flexibility index (Phi) is 7.33. The number of rotatable bonds is 7. The highest BCUT2D eigenvalue weighted by molar-refractivity contribution is 5.97. The fourth-order valence-corrected chi connectivity index (χ4v) is 3.59. The fraction of sp³-hybridized carbons (Fsp3) is 0.435. The molecule has 3 amide bonds. The summed E-state index contributed by atoms with van der Waals surface area (Å²) in [7, 11) is 1.56. The zero-order chi connectivity index (χ0) is 22.4. The van der Waals surface area contributed by atoms with Crippen LogP contribution in [-0.4, -0.2) is 54.9 Å². The van der Waals surface area contributed by atoms with Crippen molar-refractivity contribution in [2.75, 3.05) is 20.2 Å². The average Bonchev–Trinajstić information content (AvgIpc) is 3.32. The van der Waals surface area contributed by atoms with Crippen molar-refractivity contribution in [1.82, 2.24) is 15.5 Å². The predicted molar refractivity (Wildman–Crippen MR) is 115 cm³/mol. The third-order valence-electron chi connectivity index (χ3n) is 5.48. The average molecular weight is 428 g/mol. The van der Waals surface area contributed by atoms with Gasteiger partial charge in [0.2, 0.25) is 5.91 Å². The minimum absolute atomic E-state index is 0.0416. The van der Waals surface area contributed by atoms with Crippen molar-refractivity contribution in [3.8, 4) is 5.75 Å². The first-order valence-corrected chi connectivity index (χ1v) is 10.5. The number of carbonyl (C=O) groups is 3. The molecule has 0 bridgehead atoms. The van der Waals surface area contributed by atoms with Crippen LogP contribution in [0, 0.1) is 5.92 Å². The van der Waals surface area contributed by atoms with Gasteiger partial charge in [0.15, 0.2) is 0 Å². The van der Waals surface area contributed by atoms with Gasteiger partial charge in [-0.05, 0) is 49.1 Å². The summed E-state index contributed by atoms with van der Waals surface area (Å²) in [5.41, 5.74) is 0.994. The highest BCUT2D eigenvalue weighted by atomic mass is 16.5. The van der Waals surface area contributed by atoms with Crippen LogP contribution in [0.15, 0.2) is 47.3 Å². The van der Waals surface area contributed by atoms with Crippen LogP contribution in [-0.2, 0) is 4.79 Å². The largest absolute Gasteiger partial charge is 0.497 e. The Morgan fingerprint density at radius 3 is 2.29 bits per heavy atom. The number of nitrogens with zero attached hydrogens (tertiary/aromatic N) is 1. The molecule has 2 aromatic rings. The van der Waals surface area contributed by atoms with E-state index in [0.717, 1.165) is 0 Å². The summed E-state index contributed by atoms with van der Waals surface area (Å²) < 4.78 is 10.1. The SMILES string of the molecule is COc1ccc(C(=O)NC(C(=O)NC2CCN(C(=O)c3ccoc3)CC2)C(C)C)cc1. The number of ether oxygens (including phenoxy) is 1. The smallest absolute Gasteiger partial charge is 0.257 e. The third kappa shape index (κ3) is 5.65. The van der Waals surface area contributed by atoms with Crippen molar-refractivity contribution in [1.29, 1.82) is 0 Å². The lowest BCUT2D eigenvalue weighted by Gasteiger charge is -2.33. The molecule has 3 rings (SSSR count). The molecule has 1 saturated heterocycles. The topological polar surface area (TPSA) is 101 Å². The van der Waals surface area contributed by atoms with Gasteiger partial charge in [-0.1, -0.05) is 13.8 Å². The van der Waals surface area contributed by atoms with Crippen molar-refractivity contribution in [2.45, 2.75) is 38.8 Å². The van der Waals surface area contributed by atoms with E-state index in [1.165, 1.54) is 12.5 Å². The Labute approximate surface area is 181 Å². The molecule has 2 heterocycles. The van der Waals surface area contributed by atoms with Crippen LogP contribution < -0.4 is 15.4 Å². The monoisotopic (exact) mass is 427 g/mol. The number of benzene rings is 1. The molecule has 1 aromatic carbocycles. The van der Waals surface area contributed by atoms with Gasteiger partial charge in [0, 0.05) is 24.7 Å². The number of carbonyl (C=O) groups excluding carboxylic acids is 3. The lowest BCUT2D eigenvalue weighted by molar-refractivity contribution is -0.124. The zero-order valence-electron chi connectivity index (χ0n) is 18.1. The van der Waals surface area contributed by atoms with Crippen molar-refractivity contribution in [2.24, 2.45) is 5.92 Å². The fourth-order valence-electron chi connectivity index (χ4n) is 3.59. The molecule has 1 aromatic heterocycles. The van der Waals surface area contributed by atoms with Crippen LogP contribution in [0.25, 0.3) is 0 Å². The van der Waals surface area contributed by atoms with Crippen LogP contribution in [0.1, 0.15) is 47.4 Å². The standard InChI is InChI=1S/C23H29N3O5/c1-15(2)20(25-21(27)16-4-6-19(30-3)7-5-16)22(28)24-18-8-11-26(12-9-18)23(29)17-10-13-31-14-17/h4-7,10,13-15,18,20H,8-9,11-12H2,1-3H3,(H,24,28)(H,25,27). The number of piperidine rings is 1. The van der Waals surface area contributed by atoms with E-state index in [9.17, 15) is 14.4 Å². The number of nitrogens with one attached hydrogen (secondary N) is 2.